The third-order valence-electron chi connectivity index (χ3n) is 7.87. The Balaban J connectivity index is 1.58. The van der Waals surface area contributed by atoms with Gasteiger partial charge in [-0.05, 0) is 48.6 Å². The summed E-state index contributed by atoms with van der Waals surface area (Å²) in [5.41, 5.74) is 3.92. The molecule has 2 aliphatic rings. The first-order valence-corrected chi connectivity index (χ1v) is 14.4. The van der Waals surface area contributed by atoms with Gasteiger partial charge in [0.1, 0.15) is 4.75 Å². The Kier molecular flexibility index (Phi) is 8.20. The zero-order valence-electron chi connectivity index (χ0n) is 21.9. The van der Waals surface area contributed by atoms with Crippen LogP contribution in [0.25, 0.3) is 0 Å². The van der Waals surface area contributed by atoms with Crippen LogP contribution in [0.4, 0.5) is 0 Å². The van der Waals surface area contributed by atoms with Crippen LogP contribution < -0.4 is 5.32 Å². The van der Waals surface area contributed by atoms with E-state index in [4.69, 9.17) is 0 Å². The summed E-state index contributed by atoms with van der Waals surface area (Å²) >= 11 is 1.51. The first kappa shape index (κ1) is 26.5. The molecule has 0 spiro atoms. The van der Waals surface area contributed by atoms with Gasteiger partial charge in [0.25, 0.3) is 0 Å². The van der Waals surface area contributed by atoms with Crippen molar-refractivity contribution in [2.75, 3.05) is 0 Å². The lowest BCUT2D eigenvalue weighted by atomic mass is 9.88. The van der Waals surface area contributed by atoms with Crippen LogP contribution in [0.3, 0.4) is 0 Å². The minimum absolute atomic E-state index is 0.0441. The normalized spacial score (nSPS) is 22.0. The average molecular weight is 529 g/mol. The number of hydrogen-bond acceptors (Lipinski definition) is 4. The summed E-state index contributed by atoms with van der Waals surface area (Å²) in [4.78, 5) is 31.3. The summed E-state index contributed by atoms with van der Waals surface area (Å²) in [5.74, 6) is -0.0718. The van der Waals surface area contributed by atoms with Crippen molar-refractivity contribution < 1.29 is 14.7 Å². The van der Waals surface area contributed by atoms with Gasteiger partial charge in [0.2, 0.25) is 11.8 Å². The maximum absolute atomic E-state index is 14.3. The lowest BCUT2D eigenvalue weighted by molar-refractivity contribution is -0.132. The molecule has 3 aromatic carbocycles. The molecule has 1 saturated heterocycles. The highest BCUT2D eigenvalue weighted by atomic mass is 32.2. The molecule has 3 aromatic rings. The lowest BCUT2D eigenvalue weighted by Crippen LogP contribution is -2.49. The van der Waals surface area contributed by atoms with Crippen molar-refractivity contribution in [3.05, 3.63) is 101 Å². The minimum atomic E-state index is -1.03. The van der Waals surface area contributed by atoms with Crippen LogP contribution in [0.2, 0.25) is 0 Å². The monoisotopic (exact) mass is 528 g/mol. The number of amides is 2. The SMILES string of the molecule is Cc1ccc(S[C@]2(C(=O)NCc3ccccc3)CC(=O)N(C3CCCCC3)[C@@H]2c2ccc(CO)cc2)cc1. The van der Waals surface area contributed by atoms with Crippen LogP contribution in [0.1, 0.15) is 66.8 Å². The van der Waals surface area contributed by atoms with E-state index in [1.165, 1.54) is 18.2 Å². The van der Waals surface area contributed by atoms with E-state index in [0.717, 1.165) is 52.8 Å². The van der Waals surface area contributed by atoms with Gasteiger partial charge in [-0.2, -0.15) is 0 Å². The number of thioether (sulfide) groups is 1. The fourth-order valence-corrected chi connectivity index (χ4v) is 7.29. The van der Waals surface area contributed by atoms with Crippen molar-refractivity contribution in [3.8, 4) is 0 Å². The second kappa shape index (κ2) is 11.7. The molecule has 2 amide bonds. The fourth-order valence-electron chi connectivity index (χ4n) is 5.88. The summed E-state index contributed by atoms with van der Waals surface area (Å²) in [5, 5.41) is 12.8. The molecule has 1 aliphatic carbocycles. The molecule has 0 aromatic heterocycles. The number of aliphatic hydroxyl groups is 1. The number of carbonyl (C=O) groups is 2. The molecule has 198 valence electrons. The minimum Gasteiger partial charge on any atom is -0.392 e. The van der Waals surface area contributed by atoms with Gasteiger partial charge >= 0.3 is 0 Å². The molecular formula is C32H36N2O3S. The maximum atomic E-state index is 14.3. The van der Waals surface area contributed by atoms with Crippen LogP contribution >= 0.6 is 11.8 Å². The Morgan fingerprint density at radius 3 is 2.29 bits per heavy atom. The molecule has 2 atom stereocenters. The van der Waals surface area contributed by atoms with E-state index >= 15 is 0 Å². The fraction of sp³-hybridized carbons (Fsp3) is 0.375. The van der Waals surface area contributed by atoms with Gasteiger partial charge in [-0.3, -0.25) is 9.59 Å². The van der Waals surface area contributed by atoms with Crippen LogP contribution in [-0.2, 0) is 22.7 Å². The van der Waals surface area contributed by atoms with E-state index < -0.39 is 10.8 Å². The average Bonchev–Trinajstić information content (AvgIpc) is 3.26. The van der Waals surface area contributed by atoms with E-state index in [9.17, 15) is 14.7 Å². The Labute approximate surface area is 229 Å². The van der Waals surface area contributed by atoms with Crippen molar-refractivity contribution >= 4 is 23.6 Å². The lowest BCUT2D eigenvalue weighted by Gasteiger charge is -2.41. The molecule has 5 nitrogen and oxygen atoms in total. The summed E-state index contributed by atoms with van der Waals surface area (Å²) in [6, 6.07) is 25.6. The van der Waals surface area contributed by atoms with Gasteiger partial charge < -0.3 is 15.3 Å². The summed E-state index contributed by atoms with van der Waals surface area (Å²) in [6.07, 6.45) is 5.47. The van der Waals surface area contributed by atoms with Gasteiger partial charge in [-0.1, -0.05) is 91.6 Å². The van der Waals surface area contributed by atoms with Gasteiger partial charge in [0, 0.05) is 17.5 Å². The van der Waals surface area contributed by atoms with Gasteiger partial charge in [-0.15, -0.1) is 11.8 Å². The van der Waals surface area contributed by atoms with Crippen LogP contribution in [0, 0.1) is 6.92 Å². The van der Waals surface area contributed by atoms with Crippen molar-refractivity contribution in [1.29, 1.82) is 0 Å². The number of nitrogens with one attached hydrogen (secondary N) is 1. The van der Waals surface area contributed by atoms with Crippen molar-refractivity contribution in [3.63, 3.8) is 0 Å². The Morgan fingerprint density at radius 2 is 1.63 bits per heavy atom. The third kappa shape index (κ3) is 5.52. The predicted molar refractivity (Wildman–Crippen MR) is 151 cm³/mol. The first-order valence-electron chi connectivity index (χ1n) is 13.6. The number of aryl methyl sites for hydroxylation is 1. The molecule has 1 saturated carbocycles. The highest BCUT2D eigenvalue weighted by Gasteiger charge is 2.59. The molecule has 0 unspecified atom stereocenters. The molecule has 1 heterocycles. The summed E-state index contributed by atoms with van der Waals surface area (Å²) < 4.78 is -1.03. The van der Waals surface area contributed by atoms with Gasteiger partial charge in [0.15, 0.2) is 0 Å². The Bertz CT molecular complexity index is 1240. The number of hydrogen-bond donors (Lipinski definition) is 2. The highest BCUT2D eigenvalue weighted by Crippen LogP contribution is 2.54. The molecule has 0 bridgehead atoms. The Morgan fingerprint density at radius 1 is 0.947 bits per heavy atom. The number of likely N-dealkylation sites (tertiary alicyclic amines) is 1. The number of carbonyl (C=O) groups excluding carboxylic acids is 2. The molecular weight excluding hydrogens is 492 g/mol. The highest BCUT2D eigenvalue weighted by molar-refractivity contribution is 8.01. The van der Waals surface area contributed by atoms with Crippen LogP contribution in [0.15, 0.2) is 83.8 Å². The van der Waals surface area contributed by atoms with E-state index in [1.807, 2.05) is 78.6 Å². The zero-order valence-corrected chi connectivity index (χ0v) is 22.8. The zero-order chi connectivity index (χ0) is 26.5. The van der Waals surface area contributed by atoms with E-state index in [2.05, 4.69) is 17.4 Å². The van der Waals surface area contributed by atoms with Crippen molar-refractivity contribution in [2.45, 2.75) is 80.3 Å². The first-order chi connectivity index (χ1) is 18.5. The Hall–Kier alpha value is -3.09. The van der Waals surface area contributed by atoms with E-state index in [-0.39, 0.29) is 30.9 Å². The summed E-state index contributed by atoms with van der Waals surface area (Å²) in [6.45, 7) is 2.41. The molecule has 5 rings (SSSR count). The number of nitrogens with zero attached hydrogens (tertiary/aromatic N) is 1. The predicted octanol–water partition coefficient (Wildman–Crippen LogP) is 5.94. The molecule has 38 heavy (non-hydrogen) atoms. The number of aliphatic hydroxyl groups excluding tert-OH is 1. The second-order valence-electron chi connectivity index (χ2n) is 10.5. The quantitative estimate of drug-likeness (QED) is 0.380. The topological polar surface area (TPSA) is 69.6 Å². The van der Waals surface area contributed by atoms with Gasteiger partial charge in [-0.25, -0.2) is 0 Å². The van der Waals surface area contributed by atoms with Crippen LogP contribution in [0.5, 0.6) is 0 Å². The van der Waals surface area contributed by atoms with Crippen molar-refractivity contribution in [1.82, 2.24) is 10.2 Å². The second-order valence-corrected chi connectivity index (χ2v) is 11.9. The molecule has 2 fully saturated rings. The van der Waals surface area contributed by atoms with E-state index in [0.29, 0.717) is 6.54 Å². The van der Waals surface area contributed by atoms with Crippen LogP contribution in [-0.4, -0.2) is 32.6 Å². The number of benzene rings is 3. The summed E-state index contributed by atoms with van der Waals surface area (Å²) in [7, 11) is 0. The maximum Gasteiger partial charge on any atom is 0.239 e. The molecule has 1 aliphatic heterocycles. The molecule has 2 N–H and O–H groups in total. The molecule has 0 radical (unpaired) electrons. The standard InChI is InChI=1S/C32H36N2O3S/c1-23-12-18-28(19-13-23)38-32(31(37)33-21-24-8-4-2-5-9-24)20-29(36)34(27-10-6-3-7-11-27)30(32)26-16-14-25(22-35)15-17-26/h2,4-5,8-9,12-19,27,30,35H,3,6-7,10-11,20-22H2,1H3,(H,33,37)/t30-,32-/m1/s1. The smallest absolute Gasteiger partial charge is 0.239 e. The van der Waals surface area contributed by atoms with E-state index in [1.54, 1.807) is 0 Å². The van der Waals surface area contributed by atoms with Gasteiger partial charge in [0.05, 0.1) is 19.1 Å². The largest absolute Gasteiger partial charge is 0.392 e. The molecule has 6 heteroatoms. The third-order valence-corrected chi connectivity index (χ3v) is 9.29. The number of rotatable bonds is 8. The van der Waals surface area contributed by atoms with Crippen molar-refractivity contribution in [2.24, 2.45) is 0 Å².